The van der Waals surface area contributed by atoms with Crippen LogP contribution < -0.4 is 10.2 Å². The number of hydrazone groups is 1. The molecule has 1 amide bonds. The minimum atomic E-state index is -0.403. The Bertz CT molecular complexity index is 620. The summed E-state index contributed by atoms with van der Waals surface area (Å²) in [5.74, 6) is 0.612. The van der Waals surface area contributed by atoms with Crippen molar-refractivity contribution in [1.82, 2.24) is 5.43 Å². The van der Waals surface area contributed by atoms with Crippen LogP contribution in [0.25, 0.3) is 0 Å². The summed E-state index contributed by atoms with van der Waals surface area (Å²) in [5, 5.41) is 3.88. The average Bonchev–Trinajstić information content (AvgIpc) is 2.93. The SMILES string of the molecule is CCCOc1ccc(/C=N/NC(=O)c2ccc(Br)o2)cc1. The molecule has 0 aliphatic carbocycles. The molecule has 1 aromatic heterocycles. The van der Waals surface area contributed by atoms with E-state index in [0.29, 0.717) is 11.3 Å². The lowest BCUT2D eigenvalue weighted by molar-refractivity contribution is 0.0926. The number of nitrogens with zero attached hydrogens (tertiary/aromatic N) is 1. The van der Waals surface area contributed by atoms with E-state index in [1.54, 1.807) is 18.3 Å². The summed E-state index contributed by atoms with van der Waals surface area (Å²) < 4.78 is 11.1. The largest absolute Gasteiger partial charge is 0.494 e. The van der Waals surface area contributed by atoms with Crippen molar-refractivity contribution in [3.8, 4) is 5.75 Å². The van der Waals surface area contributed by atoms with E-state index in [9.17, 15) is 4.79 Å². The molecule has 1 aromatic carbocycles. The Hall–Kier alpha value is -2.08. The highest BCUT2D eigenvalue weighted by Gasteiger charge is 2.08. The fourth-order valence-corrected chi connectivity index (χ4v) is 1.83. The second-order valence-corrected chi connectivity index (χ2v) is 5.00. The number of rotatable bonds is 6. The second-order valence-electron chi connectivity index (χ2n) is 4.22. The zero-order valence-corrected chi connectivity index (χ0v) is 13.1. The van der Waals surface area contributed by atoms with Crippen molar-refractivity contribution in [2.24, 2.45) is 5.10 Å². The molecule has 1 N–H and O–H groups in total. The minimum Gasteiger partial charge on any atom is -0.494 e. The summed E-state index contributed by atoms with van der Waals surface area (Å²) in [6.07, 6.45) is 2.53. The highest BCUT2D eigenvalue weighted by molar-refractivity contribution is 9.10. The van der Waals surface area contributed by atoms with Gasteiger partial charge in [-0.1, -0.05) is 6.92 Å². The molecule has 5 nitrogen and oxygen atoms in total. The highest BCUT2D eigenvalue weighted by atomic mass is 79.9. The van der Waals surface area contributed by atoms with Gasteiger partial charge in [0.05, 0.1) is 12.8 Å². The molecule has 1 heterocycles. The van der Waals surface area contributed by atoms with Crippen LogP contribution in [0.15, 0.2) is 50.6 Å². The molecule has 2 aromatic rings. The highest BCUT2D eigenvalue weighted by Crippen LogP contribution is 2.14. The van der Waals surface area contributed by atoms with Gasteiger partial charge in [0, 0.05) is 0 Å². The van der Waals surface area contributed by atoms with E-state index in [2.05, 4.69) is 33.4 Å². The molecule has 0 saturated heterocycles. The summed E-state index contributed by atoms with van der Waals surface area (Å²) in [6.45, 7) is 2.75. The molecule has 6 heteroatoms. The molecule has 0 bridgehead atoms. The summed E-state index contributed by atoms with van der Waals surface area (Å²) in [4.78, 5) is 11.7. The van der Waals surface area contributed by atoms with E-state index in [1.807, 2.05) is 24.3 Å². The molecule has 0 fully saturated rings. The van der Waals surface area contributed by atoms with Gasteiger partial charge in [-0.05, 0) is 64.3 Å². The first-order valence-electron chi connectivity index (χ1n) is 6.50. The second kappa shape index (κ2) is 7.64. The lowest BCUT2D eigenvalue weighted by Crippen LogP contribution is -2.16. The normalized spacial score (nSPS) is 10.8. The van der Waals surface area contributed by atoms with Gasteiger partial charge in [-0.25, -0.2) is 5.43 Å². The van der Waals surface area contributed by atoms with Crippen molar-refractivity contribution < 1.29 is 13.9 Å². The molecule has 0 saturated carbocycles. The molecule has 0 aliphatic heterocycles. The number of carbonyl (C=O) groups excluding carboxylic acids is 1. The quantitative estimate of drug-likeness (QED) is 0.639. The van der Waals surface area contributed by atoms with Crippen molar-refractivity contribution in [1.29, 1.82) is 0 Å². The maximum atomic E-state index is 11.7. The van der Waals surface area contributed by atoms with Crippen LogP contribution in [0, 0.1) is 0 Å². The number of carbonyl (C=O) groups is 1. The van der Waals surface area contributed by atoms with Crippen molar-refractivity contribution >= 4 is 28.1 Å². The van der Waals surface area contributed by atoms with Crippen molar-refractivity contribution in [2.75, 3.05) is 6.61 Å². The summed E-state index contributed by atoms with van der Waals surface area (Å²) in [7, 11) is 0. The lowest BCUT2D eigenvalue weighted by atomic mass is 10.2. The van der Waals surface area contributed by atoms with E-state index in [-0.39, 0.29) is 5.76 Å². The molecule has 0 radical (unpaired) electrons. The van der Waals surface area contributed by atoms with Crippen LogP contribution in [0.4, 0.5) is 0 Å². The van der Waals surface area contributed by atoms with E-state index in [0.717, 1.165) is 17.7 Å². The summed E-state index contributed by atoms with van der Waals surface area (Å²) in [5.41, 5.74) is 3.26. The van der Waals surface area contributed by atoms with Crippen LogP contribution in [0.1, 0.15) is 29.5 Å². The van der Waals surface area contributed by atoms with Gasteiger partial charge in [0.2, 0.25) is 0 Å². The maximum absolute atomic E-state index is 11.7. The van der Waals surface area contributed by atoms with Crippen LogP contribution in [-0.4, -0.2) is 18.7 Å². The third kappa shape index (κ3) is 4.75. The first kappa shape index (κ1) is 15.3. The Kier molecular flexibility index (Phi) is 5.57. The Morgan fingerprint density at radius 1 is 1.33 bits per heavy atom. The van der Waals surface area contributed by atoms with Crippen molar-refractivity contribution in [3.63, 3.8) is 0 Å². The standard InChI is InChI=1S/C15H15BrN2O3/c1-2-9-20-12-5-3-11(4-6-12)10-17-18-15(19)13-7-8-14(16)21-13/h3-8,10H,2,9H2,1H3,(H,18,19)/b17-10+. The third-order valence-electron chi connectivity index (χ3n) is 2.53. The van der Waals surface area contributed by atoms with Gasteiger partial charge < -0.3 is 9.15 Å². The molecule has 0 unspecified atom stereocenters. The molecule has 2 rings (SSSR count). The number of nitrogens with one attached hydrogen (secondary N) is 1. The lowest BCUT2D eigenvalue weighted by Gasteiger charge is -2.03. The topological polar surface area (TPSA) is 63.8 Å². The molecular formula is C15H15BrN2O3. The van der Waals surface area contributed by atoms with Gasteiger partial charge in [0.15, 0.2) is 10.4 Å². The number of furan rings is 1. The molecule has 0 spiro atoms. The first-order valence-corrected chi connectivity index (χ1v) is 7.30. The monoisotopic (exact) mass is 350 g/mol. The van der Waals surface area contributed by atoms with Gasteiger partial charge in [-0.3, -0.25) is 4.79 Å². The van der Waals surface area contributed by atoms with Gasteiger partial charge >= 0.3 is 5.91 Å². The van der Waals surface area contributed by atoms with E-state index >= 15 is 0 Å². The van der Waals surface area contributed by atoms with E-state index in [4.69, 9.17) is 9.15 Å². The molecule has 0 aliphatic rings. The number of halogens is 1. The van der Waals surface area contributed by atoms with Crippen LogP contribution in [0.2, 0.25) is 0 Å². The molecule has 0 atom stereocenters. The van der Waals surface area contributed by atoms with Crippen molar-refractivity contribution in [3.05, 3.63) is 52.4 Å². The minimum absolute atomic E-state index is 0.197. The van der Waals surface area contributed by atoms with Crippen molar-refractivity contribution in [2.45, 2.75) is 13.3 Å². The maximum Gasteiger partial charge on any atom is 0.307 e. The molecule has 21 heavy (non-hydrogen) atoms. The number of benzene rings is 1. The van der Waals surface area contributed by atoms with Crippen LogP contribution >= 0.6 is 15.9 Å². The Morgan fingerprint density at radius 3 is 2.71 bits per heavy atom. The smallest absolute Gasteiger partial charge is 0.307 e. The first-order chi connectivity index (χ1) is 10.2. The van der Waals surface area contributed by atoms with Gasteiger partial charge in [-0.15, -0.1) is 0 Å². The van der Waals surface area contributed by atoms with Gasteiger partial charge in [0.25, 0.3) is 0 Å². The zero-order valence-electron chi connectivity index (χ0n) is 11.5. The predicted molar refractivity (Wildman–Crippen MR) is 83.7 cm³/mol. The summed E-state index contributed by atoms with van der Waals surface area (Å²) >= 11 is 3.13. The van der Waals surface area contributed by atoms with Gasteiger partial charge in [-0.2, -0.15) is 5.10 Å². The molecular weight excluding hydrogens is 336 g/mol. The fourth-order valence-electron chi connectivity index (χ4n) is 1.53. The Balaban J connectivity index is 1.87. The third-order valence-corrected chi connectivity index (χ3v) is 2.96. The van der Waals surface area contributed by atoms with Gasteiger partial charge in [0.1, 0.15) is 5.75 Å². The summed E-state index contributed by atoms with van der Waals surface area (Å²) in [6, 6.07) is 10.7. The zero-order chi connectivity index (χ0) is 15.1. The predicted octanol–water partition coefficient (Wildman–Crippen LogP) is 3.59. The van der Waals surface area contributed by atoms with Crippen LogP contribution in [0.5, 0.6) is 5.75 Å². The fraction of sp³-hybridized carbons (Fsp3) is 0.200. The number of amides is 1. The van der Waals surface area contributed by atoms with E-state index in [1.165, 1.54) is 0 Å². The molecule has 110 valence electrons. The van der Waals surface area contributed by atoms with Crippen LogP contribution in [-0.2, 0) is 0 Å². The number of hydrogen-bond acceptors (Lipinski definition) is 4. The Labute approximate surface area is 131 Å². The Morgan fingerprint density at radius 2 is 2.10 bits per heavy atom. The average molecular weight is 351 g/mol. The van der Waals surface area contributed by atoms with Crippen LogP contribution in [0.3, 0.4) is 0 Å². The van der Waals surface area contributed by atoms with E-state index < -0.39 is 5.91 Å². The number of ether oxygens (including phenoxy) is 1. The number of hydrogen-bond donors (Lipinski definition) is 1.